The molecule has 110 valence electrons. The molecule has 0 aliphatic heterocycles. The molecule has 1 atom stereocenters. The summed E-state index contributed by atoms with van der Waals surface area (Å²) in [6.07, 6.45) is 2.03. The van der Waals surface area contributed by atoms with E-state index >= 15 is 0 Å². The van der Waals surface area contributed by atoms with Gasteiger partial charge >= 0.3 is 6.03 Å². The molecule has 0 spiro atoms. The lowest BCUT2D eigenvalue weighted by Crippen LogP contribution is -2.38. The van der Waals surface area contributed by atoms with Crippen molar-refractivity contribution < 1.29 is 14.6 Å². The van der Waals surface area contributed by atoms with Gasteiger partial charge in [-0.2, -0.15) is 0 Å². The Hall–Kier alpha value is -1.59. The van der Waals surface area contributed by atoms with E-state index < -0.39 is 0 Å². The fourth-order valence-electron chi connectivity index (χ4n) is 2.14. The van der Waals surface area contributed by atoms with Gasteiger partial charge in [-0.25, -0.2) is 4.79 Å². The van der Waals surface area contributed by atoms with Crippen molar-refractivity contribution in [1.29, 1.82) is 0 Å². The maximum Gasteiger partial charge on any atom is 0.322 e. The second kappa shape index (κ2) is 6.72. The van der Waals surface area contributed by atoms with Crippen molar-refractivity contribution >= 4 is 11.7 Å². The lowest BCUT2D eigenvalue weighted by atomic mass is 10.1. The Morgan fingerprint density at radius 2 is 2.30 bits per heavy atom. The highest BCUT2D eigenvalue weighted by Crippen LogP contribution is 2.27. The van der Waals surface area contributed by atoms with Crippen LogP contribution in [0.15, 0.2) is 24.3 Å². The fraction of sp³-hybridized carbons (Fsp3) is 0.533. The van der Waals surface area contributed by atoms with E-state index in [9.17, 15) is 4.79 Å². The second-order valence-corrected chi connectivity index (χ2v) is 5.08. The van der Waals surface area contributed by atoms with Gasteiger partial charge in [-0.1, -0.05) is 12.1 Å². The quantitative estimate of drug-likeness (QED) is 0.840. The first-order valence-electron chi connectivity index (χ1n) is 6.97. The zero-order valence-electron chi connectivity index (χ0n) is 12.0. The fourth-order valence-corrected chi connectivity index (χ4v) is 2.14. The molecule has 1 aromatic rings. The van der Waals surface area contributed by atoms with E-state index in [2.05, 4.69) is 5.32 Å². The van der Waals surface area contributed by atoms with Crippen molar-refractivity contribution in [1.82, 2.24) is 4.90 Å². The van der Waals surface area contributed by atoms with Gasteiger partial charge in [0.25, 0.3) is 0 Å². The summed E-state index contributed by atoms with van der Waals surface area (Å²) < 4.78 is 5.27. The summed E-state index contributed by atoms with van der Waals surface area (Å²) in [6.45, 7) is 2.33. The van der Waals surface area contributed by atoms with Crippen LogP contribution in [-0.4, -0.2) is 42.3 Å². The molecule has 2 amide bonds. The van der Waals surface area contributed by atoms with E-state index in [0.717, 1.165) is 24.1 Å². The molecule has 0 bridgehead atoms. The molecule has 2 N–H and O–H groups in total. The second-order valence-electron chi connectivity index (χ2n) is 5.08. The Labute approximate surface area is 119 Å². The first-order valence-corrected chi connectivity index (χ1v) is 6.97. The maximum atomic E-state index is 12.2. The van der Waals surface area contributed by atoms with Gasteiger partial charge in [-0.3, -0.25) is 0 Å². The summed E-state index contributed by atoms with van der Waals surface area (Å²) >= 11 is 0. The molecule has 1 aromatic carbocycles. The van der Waals surface area contributed by atoms with Crippen LogP contribution in [0.1, 0.15) is 31.4 Å². The van der Waals surface area contributed by atoms with Crippen molar-refractivity contribution in [3.8, 4) is 0 Å². The van der Waals surface area contributed by atoms with Gasteiger partial charge in [0, 0.05) is 25.4 Å². The third kappa shape index (κ3) is 3.71. The summed E-state index contributed by atoms with van der Waals surface area (Å²) in [5.41, 5.74) is 1.77. The van der Waals surface area contributed by atoms with E-state index in [0.29, 0.717) is 6.54 Å². The Balaban J connectivity index is 2.03. The largest absolute Gasteiger partial charge is 0.395 e. The minimum absolute atomic E-state index is 0.00926. The van der Waals surface area contributed by atoms with Crippen LogP contribution in [0.5, 0.6) is 0 Å². The van der Waals surface area contributed by atoms with Crippen LogP contribution in [0.3, 0.4) is 0 Å². The number of hydrogen-bond donors (Lipinski definition) is 2. The zero-order valence-corrected chi connectivity index (χ0v) is 12.0. The number of aliphatic hydroxyl groups is 1. The third-order valence-corrected chi connectivity index (χ3v) is 3.55. The number of methoxy groups -OCH3 is 1. The number of ether oxygens (including phenoxy) is 1. The molecular weight excluding hydrogens is 256 g/mol. The van der Waals surface area contributed by atoms with Crippen molar-refractivity contribution in [2.24, 2.45) is 0 Å². The molecule has 0 radical (unpaired) electrons. The Morgan fingerprint density at radius 1 is 1.55 bits per heavy atom. The summed E-state index contributed by atoms with van der Waals surface area (Å²) in [7, 11) is 1.66. The molecule has 1 saturated carbocycles. The predicted molar refractivity (Wildman–Crippen MR) is 77.7 cm³/mol. The topological polar surface area (TPSA) is 61.8 Å². The number of amides is 2. The number of carbonyl (C=O) groups is 1. The minimum Gasteiger partial charge on any atom is -0.395 e. The molecular formula is C15H22N2O3. The van der Waals surface area contributed by atoms with Crippen LogP contribution in [0, 0.1) is 0 Å². The Morgan fingerprint density at radius 3 is 2.90 bits per heavy atom. The molecule has 5 heteroatoms. The Kier molecular flexibility index (Phi) is 4.98. The van der Waals surface area contributed by atoms with Gasteiger partial charge in [-0.05, 0) is 37.5 Å². The molecule has 0 saturated heterocycles. The van der Waals surface area contributed by atoms with Gasteiger partial charge in [-0.15, -0.1) is 0 Å². The normalized spacial score (nSPS) is 15.8. The van der Waals surface area contributed by atoms with E-state index in [1.807, 2.05) is 31.2 Å². The smallest absolute Gasteiger partial charge is 0.322 e. The number of urea groups is 1. The van der Waals surface area contributed by atoms with Crippen LogP contribution in [0.25, 0.3) is 0 Å². The molecule has 1 aliphatic carbocycles. The average Bonchev–Trinajstić information content (AvgIpc) is 3.28. The van der Waals surface area contributed by atoms with Gasteiger partial charge in [0.05, 0.1) is 12.7 Å². The van der Waals surface area contributed by atoms with E-state index in [1.165, 1.54) is 0 Å². The van der Waals surface area contributed by atoms with Crippen LogP contribution in [-0.2, 0) is 4.74 Å². The number of rotatable bonds is 6. The van der Waals surface area contributed by atoms with Crippen LogP contribution in [0.2, 0.25) is 0 Å². The molecule has 2 rings (SSSR count). The van der Waals surface area contributed by atoms with Gasteiger partial charge < -0.3 is 20.1 Å². The van der Waals surface area contributed by atoms with Crippen molar-refractivity contribution in [3.63, 3.8) is 0 Å². The van der Waals surface area contributed by atoms with Gasteiger partial charge in [0.2, 0.25) is 0 Å². The SMILES string of the molecule is COC(C)c1cccc(NC(=O)N(CCO)C2CC2)c1. The standard InChI is InChI=1S/C15H22N2O3/c1-11(20-2)12-4-3-5-13(10-12)16-15(19)17(8-9-18)14-6-7-14/h3-5,10-11,14,18H,6-9H2,1-2H3,(H,16,19). The van der Waals surface area contributed by atoms with Crippen molar-refractivity contribution in [2.75, 3.05) is 25.6 Å². The number of hydrogen-bond acceptors (Lipinski definition) is 3. The predicted octanol–water partition coefficient (Wildman–Crippen LogP) is 2.38. The molecule has 1 aliphatic rings. The number of aliphatic hydroxyl groups excluding tert-OH is 1. The average molecular weight is 278 g/mol. The monoisotopic (exact) mass is 278 g/mol. The minimum atomic E-state index is -0.149. The first kappa shape index (κ1) is 14.8. The van der Waals surface area contributed by atoms with E-state index in [1.54, 1.807) is 12.0 Å². The van der Waals surface area contributed by atoms with Crippen molar-refractivity contribution in [2.45, 2.75) is 31.9 Å². The van der Waals surface area contributed by atoms with E-state index in [-0.39, 0.29) is 24.8 Å². The lowest BCUT2D eigenvalue weighted by molar-refractivity contribution is 0.119. The maximum absolute atomic E-state index is 12.2. The Bertz CT molecular complexity index is 460. The molecule has 1 unspecified atom stereocenters. The molecule has 5 nitrogen and oxygen atoms in total. The van der Waals surface area contributed by atoms with Gasteiger partial charge in [0.1, 0.15) is 0 Å². The van der Waals surface area contributed by atoms with E-state index in [4.69, 9.17) is 9.84 Å². The highest BCUT2D eigenvalue weighted by molar-refractivity contribution is 5.89. The molecule has 0 heterocycles. The molecule has 1 fully saturated rings. The first-order chi connectivity index (χ1) is 9.65. The highest BCUT2D eigenvalue weighted by atomic mass is 16.5. The number of carbonyl (C=O) groups excluding carboxylic acids is 1. The molecule has 0 aromatic heterocycles. The zero-order chi connectivity index (χ0) is 14.5. The number of benzene rings is 1. The third-order valence-electron chi connectivity index (χ3n) is 3.55. The van der Waals surface area contributed by atoms with Crippen LogP contribution in [0.4, 0.5) is 10.5 Å². The van der Waals surface area contributed by atoms with Crippen LogP contribution < -0.4 is 5.32 Å². The molecule has 20 heavy (non-hydrogen) atoms. The number of nitrogens with one attached hydrogen (secondary N) is 1. The summed E-state index contributed by atoms with van der Waals surface area (Å²) in [5.74, 6) is 0. The highest BCUT2D eigenvalue weighted by Gasteiger charge is 2.32. The summed E-state index contributed by atoms with van der Waals surface area (Å²) in [6, 6.07) is 7.76. The van der Waals surface area contributed by atoms with Gasteiger partial charge in [0.15, 0.2) is 0 Å². The van der Waals surface area contributed by atoms with Crippen molar-refractivity contribution in [3.05, 3.63) is 29.8 Å². The van der Waals surface area contributed by atoms with Crippen LogP contribution >= 0.6 is 0 Å². The summed E-state index contributed by atoms with van der Waals surface area (Å²) in [5, 5.41) is 11.9. The lowest BCUT2D eigenvalue weighted by Gasteiger charge is -2.22. The number of anilines is 1. The summed E-state index contributed by atoms with van der Waals surface area (Å²) in [4.78, 5) is 13.9. The number of nitrogens with zero attached hydrogens (tertiary/aromatic N) is 1.